The van der Waals surface area contributed by atoms with Crippen LogP contribution >= 0.6 is 15.9 Å². The topological polar surface area (TPSA) is 112 Å². The highest BCUT2D eigenvalue weighted by Gasteiger charge is 2.35. The Morgan fingerprint density at radius 1 is 0.880 bits per heavy atom. The van der Waals surface area contributed by atoms with Crippen LogP contribution in [-0.2, 0) is 10.0 Å². The second-order valence-corrected chi connectivity index (χ2v) is 14.6. The Balaban J connectivity index is 1.35. The van der Waals surface area contributed by atoms with Crippen molar-refractivity contribution >= 4 is 60.2 Å². The molecule has 2 heterocycles. The van der Waals surface area contributed by atoms with Crippen LogP contribution in [0.2, 0.25) is 0 Å². The van der Waals surface area contributed by atoms with Gasteiger partial charge < -0.3 is 4.98 Å². The number of para-hydroxylation sites is 1. The number of H-pyrrole nitrogens is 1. The average molecular weight is 744 g/mol. The number of hydrazone groups is 1. The van der Waals surface area contributed by atoms with E-state index >= 15 is 0 Å². The van der Waals surface area contributed by atoms with Gasteiger partial charge in [-0.25, -0.2) is 13.4 Å². The molecule has 0 spiro atoms. The van der Waals surface area contributed by atoms with Crippen molar-refractivity contribution in [2.45, 2.75) is 24.3 Å². The molecule has 2 N–H and O–H groups in total. The summed E-state index contributed by atoms with van der Waals surface area (Å²) < 4.78 is 30.2. The average Bonchev–Trinajstić information content (AvgIpc) is 3.55. The van der Waals surface area contributed by atoms with Gasteiger partial charge in [0.2, 0.25) is 0 Å². The minimum atomic E-state index is -4.01. The summed E-state index contributed by atoms with van der Waals surface area (Å²) in [5, 5.41) is 7.01. The number of aromatic amines is 1. The second-order valence-electron chi connectivity index (χ2n) is 12.0. The Labute approximate surface area is 298 Å². The number of rotatable bonds is 8. The van der Waals surface area contributed by atoms with Gasteiger partial charge in [0.25, 0.3) is 21.5 Å². The summed E-state index contributed by atoms with van der Waals surface area (Å²) in [5.41, 5.74) is 4.75. The maximum absolute atomic E-state index is 14.5. The van der Waals surface area contributed by atoms with Crippen LogP contribution in [0.3, 0.4) is 0 Å². The Morgan fingerprint density at radius 2 is 1.56 bits per heavy atom. The lowest BCUT2D eigenvalue weighted by atomic mass is 9.92. The van der Waals surface area contributed by atoms with Gasteiger partial charge in [-0.3, -0.25) is 14.3 Å². The summed E-state index contributed by atoms with van der Waals surface area (Å²) in [4.78, 5) is 31.5. The van der Waals surface area contributed by atoms with E-state index in [4.69, 9.17) is 5.10 Å². The van der Waals surface area contributed by atoms with Crippen LogP contribution in [0.4, 0.5) is 5.69 Å². The van der Waals surface area contributed by atoms with E-state index < -0.39 is 22.0 Å². The van der Waals surface area contributed by atoms with Crippen molar-refractivity contribution in [2.75, 3.05) is 4.72 Å². The Morgan fingerprint density at radius 3 is 2.30 bits per heavy atom. The molecule has 0 bridgehead atoms. The Kier molecular flexibility index (Phi) is 9.05. The summed E-state index contributed by atoms with van der Waals surface area (Å²) in [6.45, 7) is 1.87. The van der Waals surface area contributed by atoms with Gasteiger partial charge in [0, 0.05) is 27.4 Å². The first-order valence-electron chi connectivity index (χ1n) is 15.9. The first-order chi connectivity index (χ1) is 24.2. The molecule has 1 atom stereocenters. The van der Waals surface area contributed by atoms with E-state index in [1.54, 1.807) is 36.4 Å². The number of carbonyl (C=O) groups excluding carboxylic acids is 1. The first-order valence-corrected chi connectivity index (χ1v) is 18.2. The van der Waals surface area contributed by atoms with Crippen molar-refractivity contribution in [3.8, 4) is 11.1 Å². The van der Waals surface area contributed by atoms with Gasteiger partial charge in [-0.2, -0.15) is 5.10 Å². The standard InChI is InChI=1S/C40H31BrN4O4S/c1-26-16-21-31(22-17-26)50(48,49)44-35-15-9-8-14-32(35)40(47)45-30(20-18-27-10-4-2-5-11-27)25-36(43-45)38-37(28-12-6-3-7-13-28)33-24-29(41)19-23-34(33)42-39(38)46/h2-24,30,44H,25H2,1H3,(H,42,46). The number of hydrogen-bond acceptors (Lipinski definition) is 5. The largest absolute Gasteiger partial charge is 0.321 e. The number of pyridine rings is 1. The van der Waals surface area contributed by atoms with E-state index in [0.717, 1.165) is 26.5 Å². The van der Waals surface area contributed by atoms with E-state index in [2.05, 4.69) is 25.6 Å². The third kappa shape index (κ3) is 6.67. The van der Waals surface area contributed by atoms with Gasteiger partial charge in [0.1, 0.15) is 0 Å². The molecule has 248 valence electrons. The highest BCUT2D eigenvalue weighted by molar-refractivity contribution is 9.10. The lowest BCUT2D eigenvalue weighted by Crippen LogP contribution is -2.32. The number of amides is 1. The molecule has 0 saturated heterocycles. The summed E-state index contributed by atoms with van der Waals surface area (Å²) in [7, 11) is -4.01. The van der Waals surface area contributed by atoms with Crippen LogP contribution in [-0.4, -0.2) is 36.1 Å². The van der Waals surface area contributed by atoms with Crippen LogP contribution in [0.5, 0.6) is 0 Å². The number of nitrogens with one attached hydrogen (secondary N) is 2. The van der Waals surface area contributed by atoms with E-state index in [1.165, 1.54) is 17.1 Å². The Bertz CT molecular complexity index is 2460. The van der Waals surface area contributed by atoms with Crippen LogP contribution in [0.15, 0.2) is 153 Å². The molecule has 8 nitrogen and oxygen atoms in total. The molecule has 0 aliphatic carbocycles. The molecule has 10 heteroatoms. The zero-order chi connectivity index (χ0) is 34.8. The minimum absolute atomic E-state index is 0.0751. The van der Waals surface area contributed by atoms with E-state index in [1.807, 2.05) is 97.9 Å². The maximum Gasteiger partial charge on any atom is 0.276 e. The Hall–Kier alpha value is -5.58. The number of halogens is 1. The molecule has 1 amide bonds. The second kappa shape index (κ2) is 13.7. The molecule has 1 unspecified atom stereocenters. The number of hydrogen-bond donors (Lipinski definition) is 2. The van der Waals surface area contributed by atoms with Gasteiger partial charge >= 0.3 is 0 Å². The fraction of sp³-hybridized carbons (Fsp3) is 0.0750. The van der Waals surface area contributed by atoms with Crippen LogP contribution in [0.1, 0.15) is 33.5 Å². The molecule has 1 aliphatic heterocycles. The zero-order valence-electron chi connectivity index (χ0n) is 26.9. The predicted octanol–water partition coefficient (Wildman–Crippen LogP) is 8.40. The van der Waals surface area contributed by atoms with E-state index in [-0.39, 0.29) is 28.1 Å². The molecule has 7 rings (SSSR count). The van der Waals surface area contributed by atoms with Crippen LogP contribution in [0.25, 0.3) is 28.1 Å². The number of nitrogens with zero attached hydrogens (tertiary/aromatic N) is 2. The number of carbonyl (C=O) groups is 1. The van der Waals surface area contributed by atoms with Crippen LogP contribution < -0.4 is 10.3 Å². The SMILES string of the molecule is Cc1ccc(S(=O)(=O)Nc2ccccc2C(=O)N2N=C(c3c(-c4ccccc4)c4cc(Br)ccc4[nH]c3=O)CC2C=Cc2ccccc2)cc1. The van der Waals surface area contributed by atoms with Gasteiger partial charge in [-0.1, -0.05) is 119 Å². The molecular formula is C40H31BrN4O4S. The number of aryl methyl sites for hydroxylation is 1. The molecule has 6 aromatic rings. The molecule has 5 aromatic carbocycles. The molecule has 50 heavy (non-hydrogen) atoms. The van der Waals surface area contributed by atoms with E-state index in [0.29, 0.717) is 22.4 Å². The van der Waals surface area contributed by atoms with Gasteiger partial charge in [0.15, 0.2) is 0 Å². The quantitative estimate of drug-likeness (QED) is 0.163. The minimum Gasteiger partial charge on any atom is -0.321 e. The van der Waals surface area contributed by atoms with Crippen molar-refractivity contribution in [3.05, 3.63) is 171 Å². The first kappa shape index (κ1) is 32.9. The summed E-state index contributed by atoms with van der Waals surface area (Å²) in [6, 6.07) is 37.3. The molecule has 0 radical (unpaired) electrons. The molecule has 1 aliphatic rings. The number of benzene rings is 5. The fourth-order valence-corrected chi connectivity index (χ4v) is 7.50. The number of anilines is 1. The van der Waals surface area contributed by atoms with Crippen molar-refractivity contribution in [3.63, 3.8) is 0 Å². The number of fused-ring (bicyclic) bond motifs is 1. The van der Waals surface area contributed by atoms with Gasteiger partial charge in [0.05, 0.1) is 33.5 Å². The monoisotopic (exact) mass is 742 g/mol. The molecule has 1 aromatic heterocycles. The molecular weight excluding hydrogens is 712 g/mol. The van der Waals surface area contributed by atoms with Gasteiger partial charge in [-0.05, 0) is 60.5 Å². The lowest BCUT2D eigenvalue weighted by molar-refractivity contribution is 0.0743. The number of sulfonamides is 1. The van der Waals surface area contributed by atoms with E-state index in [9.17, 15) is 18.0 Å². The van der Waals surface area contributed by atoms with Crippen molar-refractivity contribution in [1.82, 2.24) is 9.99 Å². The van der Waals surface area contributed by atoms with Crippen molar-refractivity contribution in [1.29, 1.82) is 0 Å². The smallest absolute Gasteiger partial charge is 0.276 e. The molecule has 0 saturated carbocycles. The summed E-state index contributed by atoms with van der Waals surface area (Å²) in [6.07, 6.45) is 4.04. The highest BCUT2D eigenvalue weighted by Crippen LogP contribution is 2.35. The normalized spacial score (nSPS) is 14.6. The third-order valence-corrected chi connectivity index (χ3v) is 10.4. The lowest BCUT2D eigenvalue weighted by Gasteiger charge is -2.21. The predicted molar refractivity (Wildman–Crippen MR) is 203 cm³/mol. The highest BCUT2D eigenvalue weighted by atomic mass is 79.9. The summed E-state index contributed by atoms with van der Waals surface area (Å²) >= 11 is 3.58. The fourth-order valence-electron chi connectivity index (χ4n) is 6.06. The zero-order valence-corrected chi connectivity index (χ0v) is 29.3. The van der Waals surface area contributed by atoms with Crippen molar-refractivity contribution in [2.24, 2.45) is 5.10 Å². The van der Waals surface area contributed by atoms with Gasteiger partial charge in [-0.15, -0.1) is 0 Å². The van der Waals surface area contributed by atoms with Crippen LogP contribution in [0, 0.1) is 6.92 Å². The maximum atomic E-state index is 14.5. The summed E-state index contributed by atoms with van der Waals surface area (Å²) in [5.74, 6) is -0.522. The third-order valence-electron chi connectivity index (χ3n) is 8.52. The molecule has 0 fully saturated rings. The number of aromatic nitrogens is 1. The van der Waals surface area contributed by atoms with Crippen molar-refractivity contribution < 1.29 is 13.2 Å².